The zero-order chi connectivity index (χ0) is 9.47. The molecule has 0 fully saturated rings. The van der Waals surface area contributed by atoms with Gasteiger partial charge < -0.3 is 9.79 Å². The van der Waals surface area contributed by atoms with Crippen molar-refractivity contribution in [2.75, 3.05) is 0 Å². The summed E-state index contributed by atoms with van der Waals surface area (Å²) in [5, 5.41) is 0. The lowest BCUT2D eigenvalue weighted by Gasteiger charge is -2.09. The zero-order valence-electron chi connectivity index (χ0n) is 7.05. The van der Waals surface area contributed by atoms with Crippen LogP contribution >= 0.6 is 7.60 Å². The summed E-state index contributed by atoms with van der Waals surface area (Å²) in [5.74, 6) is 0. The van der Waals surface area contributed by atoms with Crippen LogP contribution in [0, 0.1) is 0 Å². The van der Waals surface area contributed by atoms with E-state index in [1.165, 1.54) is 0 Å². The van der Waals surface area contributed by atoms with E-state index in [1.54, 1.807) is 0 Å². The maximum atomic E-state index is 11.0. The predicted octanol–water partition coefficient (Wildman–Crippen LogP) is 1.33. The number of fused-ring (bicyclic) bond motifs is 1. The van der Waals surface area contributed by atoms with Gasteiger partial charge in [-0.1, -0.05) is 24.3 Å². The summed E-state index contributed by atoms with van der Waals surface area (Å²) in [6.07, 6.45) is 1.03. The van der Waals surface area contributed by atoms with Crippen LogP contribution < -0.4 is 0 Å². The molecule has 2 N–H and O–H groups in total. The molecule has 0 spiro atoms. The molecule has 0 atom stereocenters. The molecule has 70 valence electrons. The molecule has 1 aliphatic carbocycles. The van der Waals surface area contributed by atoms with Crippen molar-refractivity contribution < 1.29 is 14.4 Å². The third-order valence-corrected chi connectivity index (χ3v) is 3.82. The highest BCUT2D eigenvalue weighted by Gasteiger charge is 2.34. The smallest absolute Gasteiger partial charge is 0.324 e. The zero-order valence-corrected chi connectivity index (χ0v) is 7.95. The highest BCUT2D eigenvalue weighted by molar-refractivity contribution is 7.52. The minimum Gasteiger partial charge on any atom is -0.324 e. The molecule has 2 rings (SSSR count). The van der Waals surface area contributed by atoms with Crippen LogP contribution in [-0.2, 0) is 17.4 Å². The lowest BCUT2D eigenvalue weighted by atomic mass is 10.1. The lowest BCUT2D eigenvalue weighted by molar-refractivity contribution is 0.358. The van der Waals surface area contributed by atoms with Gasteiger partial charge in [0.25, 0.3) is 0 Å². The van der Waals surface area contributed by atoms with E-state index < -0.39 is 13.3 Å². The topological polar surface area (TPSA) is 57.5 Å². The van der Waals surface area contributed by atoms with Crippen LogP contribution in [0.5, 0.6) is 0 Å². The molecular formula is C9H11O3P. The first kappa shape index (κ1) is 8.95. The van der Waals surface area contributed by atoms with E-state index in [0.29, 0.717) is 12.8 Å². The van der Waals surface area contributed by atoms with Gasteiger partial charge in [0.1, 0.15) is 0 Å². The van der Waals surface area contributed by atoms with Crippen LogP contribution in [0.2, 0.25) is 0 Å². The first-order valence-corrected chi connectivity index (χ1v) is 5.87. The number of rotatable bonds is 1. The molecule has 1 aliphatic rings. The van der Waals surface area contributed by atoms with E-state index in [2.05, 4.69) is 0 Å². The first-order chi connectivity index (χ1) is 6.07. The summed E-state index contributed by atoms with van der Waals surface area (Å²) in [7, 11) is -3.90. The van der Waals surface area contributed by atoms with Gasteiger partial charge in [-0.25, -0.2) is 0 Å². The van der Waals surface area contributed by atoms with Crippen LogP contribution in [0.15, 0.2) is 24.3 Å². The normalized spacial score (nSPS) is 17.4. The van der Waals surface area contributed by atoms with Gasteiger partial charge >= 0.3 is 7.60 Å². The second-order valence-electron chi connectivity index (χ2n) is 3.42. The van der Waals surface area contributed by atoms with Crippen LogP contribution in [0.3, 0.4) is 0 Å². The Morgan fingerprint density at radius 2 is 1.62 bits per heavy atom. The molecule has 0 aromatic heterocycles. The van der Waals surface area contributed by atoms with Crippen molar-refractivity contribution >= 4 is 7.60 Å². The van der Waals surface area contributed by atoms with Gasteiger partial charge in [0.2, 0.25) is 0 Å². The summed E-state index contributed by atoms with van der Waals surface area (Å²) < 4.78 is 11.0. The largest absolute Gasteiger partial charge is 0.329 e. The fourth-order valence-electron chi connectivity index (χ4n) is 1.77. The Morgan fingerprint density at radius 1 is 1.15 bits per heavy atom. The quantitative estimate of drug-likeness (QED) is 0.669. The van der Waals surface area contributed by atoms with Crippen molar-refractivity contribution in [2.24, 2.45) is 0 Å². The summed E-state index contributed by atoms with van der Waals surface area (Å²) in [6, 6.07) is 7.68. The molecule has 1 aromatic carbocycles. The van der Waals surface area contributed by atoms with Gasteiger partial charge in [-0.3, -0.25) is 4.57 Å². The Balaban J connectivity index is 2.28. The monoisotopic (exact) mass is 198 g/mol. The minimum absolute atomic E-state index is 0.495. The highest BCUT2D eigenvalue weighted by atomic mass is 31.2. The van der Waals surface area contributed by atoms with Crippen LogP contribution in [0.4, 0.5) is 0 Å². The summed E-state index contributed by atoms with van der Waals surface area (Å²) >= 11 is 0. The average molecular weight is 198 g/mol. The molecule has 0 bridgehead atoms. The van der Waals surface area contributed by atoms with Crippen molar-refractivity contribution in [1.82, 2.24) is 0 Å². The average Bonchev–Trinajstić information content (AvgIpc) is 2.45. The van der Waals surface area contributed by atoms with E-state index in [4.69, 9.17) is 9.79 Å². The molecule has 3 nitrogen and oxygen atoms in total. The molecule has 0 radical (unpaired) electrons. The molecule has 0 unspecified atom stereocenters. The van der Waals surface area contributed by atoms with Gasteiger partial charge in [-0.15, -0.1) is 0 Å². The standard InChI is InChI=1S/C9H11O3P/c10-13(11,12)9-5-7-3-1-2-4-8(7)6-9/h1-4,9H,5-6H2,(H2,10,11,12). The Labute approximate surface area is 76.6 Å². The van der Waals surface area contributed by atoms with E-state index in [-0.39, 0.29) is 0 Å². The maximum Gasteiger partial charge on any atom is 0.329 e. The van der Waals surface area contributed by atoms with Gasteiger partial charge in [0.15, 0.2) is 0 Å². The highest BCUT2D eigenvalue weighted by Crippen LogP contribution is 2.47. The first-order valence-electron chi connectivity index (χ1n) is 4.19. The number of benzene rings is 1. The third-order valence-electron chi connectivity index (χ3n) is 2.51. The Kier molecular flexibility index (Phi) is 2.03. The second-order valence-corrected chi connectivity index (χ2v) is 5.33. The molecule has 13 heavy (non-hydrogen) atoms. The molecule has 4 heteroatoms. The molecule has 0 saturated carbocycles. The third kappa shape index (κ3) is 1.68. The Bertz CT molecular complexity index is 344. The minimum atomic E-state index is -3.90. The number of hydrogen-bond acceptors (Lipinski definition) is 1. The van der Waals surface area contributed by atoms with Gasteiger partial charge in [-0.05, 0) is 24.0 Å². The van der Waals surface area contributed by atoms with E-state index in [0.717, 1.165) is 11.1 Å². The second kappa shape index (κ2) is 2.95. The van der Waals surface area contributed by atoms with E-state index in [9.17, 15) is 4.57 Å². The van der Waals surface area contributed by atoms with Crippen molar-refractivity contribution in [3.63, 3.8) is 0 Å². The summed E-state index contributed by atoms with van der Waals surface area (Å²) in [6.45, 7) is 0. The lowest BCUT2D eigenvalue weighted by Crippen LogP contribution is -2.07. The van der Waals surface area contributed by atoms with Crippen LogP contribution in [0.1, 0.15) is 11.1 Å². The van der Waals surface area contributed by atoms with Crippen LogP contribution in [-0.4, -0.2) is 15.4 Å². The Hall–Kier alpha value is -0.630. The van der Waals surface area contributed by atoms with Crippen molar-refractivity contribution in [3.05, 3.63) is 35.4 Å². The molecule has 1 aromatic rings. The fourth-order valence-corrected chi connectivity index (χ4v) is 2.64. The van der Waals surface area contributed by atoms with E-state index >= 15 is 0 Å². The van der Waals surface area contributed by atoms with Gasteiger partial charge in [0, 0.05) is 0 Å². The predicted molar refractivity (Wildman–Crippen MR) is 49.7 cm³/mol. The van der Waals surface area contributed by atoms with Gasteiger partial charge in [0.05, 0.1) is 5.66 Å². The molecular weight excluding hydrogens is 187 g/mol. The van der Waals surface area contributed by atoms with Crippen molar-refractivity contribution in [2.45, 2.75) is 18.5 Å². The van der Waals surface area contributed by atoms with Crippen molar-refractivity contribution in [1.29, 1.82) is 0 Å². The Morgan fingerprint density at radius 3 is 2.00 bits per heavy atom. The van der Waals surface area contributed by atoms with E-state index in [1.807, 2.05) is 24.3 Å². The fraction of sp³-hybridized carbons (Fsp3) is 0.333. The molecule has 0 amide bonds. The SMILES string of the molecule is O=P(O)(O)C1Cc2ccccc2C1. The van der Waals surface area contributed by atoms with Crippen LogP contribution in [0.25, 0.3) is 0 Å². The summed E-state index contributed by atoms with van der Waals surface area (Å²) in [5.41, 5.74) is 1.66. The molecule has 0 saturated heterocycles. The maximum absolute atomic E-state index is 11.0. The van der Waals surface area contributed by atoms with Gasteiger partial charge in [-0.2, -0.15) is 0 Å². The molecule has 0 heterocycles. The molecule has 0 aliphatic heterocycles. The summed E-state index contributed by atoms with van der Waals surface area (Å²) in [4.78, 5) is 18.0. The number of hydrogen-bond donors (Lipinski definition) is 2. The van der Waals surface area contributed by atoms with Crippen molar-refractivity contribution in [3.8, 4) is 0 Å².